The third-order valence-corrected chi connectivity index (χ3v) is 4.06. The Kier molecular flexibility index (Phi) is 4.01. The minimum atomic E-state index is -0.430. The molecule has 0 aliphatic carbocycles. The zero-order valence-electron chi connectivity index (χ0n) is 12.6. The molecule has 2 fully saturated rings. The summed E-state index contributed by atoms with van der Waals surface area (Å²) in [4.78, 5) is 15.6. The maximum atomic E-state index is 11.6. The highest BCUT2D eigenvalue weighted by Gasteiger charge is 2.41. The zero-order chi connectivity index (χ0) is 14.9. The summed E-state index contributed by atoms with van der Waals surface area (Å²) < 4.78 is 17.2. The predicted octanol–water partition coefficient (Wildman–Crippen LogP) is 0.648. The Balaban J connectivity index is 1.70. The maximum absolute atomic E-state index is 11.6. The zero-order valence-corrected chi connectivity index (χ0v) is 12.6. The minimum Gasteiger partial charge on any atom is -0.465 e. The number of ether oxygens (including phenoxy) is 2. The Hall–Kier alpha value is -1.37. The molecule has 3 rings (SSSR count). The van der Waals surface area contributed by atoms with E-state index in [1.54, 1.807) is 4.90 Å². The summed E-state index contributed by atoms with van der Waals surface area (Å²) in [5.74, 6) is 1.90. The molecule has 1 atom stereocenters. The van der Waals surface area contributed by atoms with Gasteiger partial charge in [-0.25, -0.2) is 0 Å². The van der Waals surface area contributed by atoms with Crippen molar-refractivity contribution in [1.82, 2.24) is 9.80 Å². The molecular weight excluding hydrogens is 272 g/mol. The molecule has 6 heteroatoms. The van der Waals surface area contributed by atoms with E-state index in [4.69, 9.17) is 13.9 Å². The second kappa shape index (κ2) is 5.79. The molecule has 2 aliphatic rings. The maximum Gasteiger partial charge on any atom is 0.248 e. The Morgan fingerprint density at radius 3 is 2.90 bits per heavy atom. The van der Waals surface area contributed by atoms with Gasteiger partial charge in [0.15, 0.2) is 0 Å². The Bertz CT molecular complexity index is 516. The van der Waals surface area contributed by atoms with E-state index in [9.17, 15) is 4.79 Å². The highest BCUT2D eigenvalue weighted by atomic mass is 16.6. The standard InChI is InChI=1S/C15H22N2O4/c1-12-3-4-13(21-12)7-17-5-6-19-11-15(10-17)9-16(2)14(18)8-20-15/h3-4H,5-11H2,1-2H3. The number of amides is 1. The summed E-state index contributed by atoms with van der Waals surface area (Å²) in [6.45, 7) is 6.15. The fourth-order valence-corrected chi connectivity index (χ4v) is 2.98. The molecule has 1 amide bonds. The van der Waals surface area contributed by atoms with Crippen molar-refractivity contribution in [3.8, 4) is 0 Å². The van der Waals surface area contributed by atoms with Gasteiger partial charge in [0.05, 0.1) is 26.3 Å². The van der Waals surface area contributed by atoms with Crippen LogP contribution in [0.15, 0.2) is 16.5 Å². The van der Waals surface area contributed by atoms with Crippen LogP contribution in [0.2, 0.25) is 0 Å². The van der Waals surface area contributed by atoms with E-state index in [1.807, 2.05) is 26.1 Å². The second-order valence-corrected chi connectivity index (χ2v) is 6.00. The Morgan fingerprint density at radius 1 is 1.33 bits per heavy atom. The number of morpholine rings is 1. The van der Waals surface area contributed by atoms with Crippen LogP contribution in [0.1, 0.15) is 11.5 Å². The molecule has 0 aromatic carbocycles. The van der Waals surface area contributed by atoms with Crippen molar-refractivity contribution in [2.24, 2.45) is 0 Å². The number of nitrogens with zero attached hydrogens (tertiary/aromatic N) is 2. The van der Waals surface area contributed by atoms with Gasteiger partial charge in [-0.2, -0.15) is 0 Å². The van der Waals surface area contributed by atoms with Crippen molar-refractivity contribution in [2.75, 3.05) is 46.5 Å². The van der Waals surface area contributed by atoms with Crippen molar-refractivity contribution < 1.29 is 18.7 Å². The molecule has 6 nitrogen and oxygen atoms in total. The lowest BCUT2D eigenvalue weighted by Crippen LogP contribution is -2.59. The van der Waals surface area contributed by atoms with Crippen LogP contribution in [0.3, 0.4) is 0 Å². The third-order valence-electron chi connectivity index (χ3n) is 4.06. The molecule has 0 saturated carbocycles. The van der Waals surface area contributed by atoms with Gasteiger partial charge in [-0.05, 0) is 19.1 Å². The highest BCUT2D eigenvalue weighted by Crippen LogP contribution is 2.23. The van der Waals surface area contributed by atoms with Gasteiger partial charge in [-0.3, -0.25) is 9.69 Å². The largest absolute Gasteiger partial charge is 0.465 e. The van der Waals surface area contributed by atoms with E-state index in [2.05, 4.69) is 4.90 Å². The molecule has 1 aromatic heterocycles. The van der Waals surface area contributed by atoms with Gasteiger partial charge >= 0.3 is 0 Å². The van der Waals surface area contributed by atoms with Crippen LogP contribution in [0, 0.1) is 6.92 Å². The van der Waals surface area contributed by atoms with Crippen LogP contribution in [0.4, 0.5) is 0 Å². The highest BCUT2D eigenvalue weighted by molar-refractivity contribution is 5.78. The fourth-order valence-electron chi connectivity index (χ4n) is 2.98. The van der Waals surface area contributed by atoms with E-state index >= 15 is 0 Å². The van der Waals surface area contributed by atoms with Crippen molar-refractivity contribution in [1.29, 1.82) is 0 Å². The quantitative estimate of drug-likeness (QED) is 0.801. The van der Waals surface area contributed by atoms with Gasteiger partial charge in [0.25, 0.3) is 0 Å². The van der Waals surface area contributed by atoms with E-state index < -0.39 is 5.60 Å². The summed E-state index contributed by atoms with van der Waals surface area (Å²) in [5.41, 5.74) is -0.430. The van der Waals surface area contributed by atoms with Gasteiger partial charge in [0.1, 0.15) is 23.7 Å². The van der Waals surface area contributed by atoms with Crippen LogP contribution in [0.25, 0.3) is 0 Å². The number of hydrogen-bond donors (Lipinski definition) is 0. The normalized spacial score (nSPS) is 28.1. The molecule has 0 bridgehead atoms. The molecule has 116 valence electrons. The Morgan fingerprint density at radius 2 is 2.19 bits per heavy atom. The number of aryl methyl sites for hydroxylation is 1. The molecule has 1 unspecified atom stereocenters. The molecule has 2 aliphatic heterocycles. The summed E-state index contributed by atoms with van der Waals surface area (Å²) in [6, 6.07) is 3.98. The monoisotopic (exact) mass is 294 g/mol. The lowest BCUT2D eigenvalue weighted by atomic mass is 10.0. The van der Waals surface area contributed by atoms with Crippen LogP contribution in [0.5, 0.6) is 0 Å². The molecular formula is C15H22N2O4. The van der Waals surface area contributed by atoms with Crippen molar-refractivity contribution >= 4 is 5.91 Å². The number of rotatable bonds is 2. The lowest BCUT2D eigenvalue weighted by molar-refractivity contribution is -0.170. The SMILES string of the molecule is Cc1ccc(CN2CCOCC3(C2)CN(C)C(=O)CO3)o1. The topological polar surface area (TPSA) is 55.2 Å². The van der Waals surface area contributed by atoms with E-state index in [1.165, 1.54) is 0 Å². The van der Waals surface area contributed by atoms with Gasteiger partial charge in [-0.15, -0.1) is 0 Å². The van der Waals surface area contributed by atoms with Gasteiger partial charge in [-0.1, -0.05) is 0 Å². The van der Waals surface area contributed by atoms with Crippen molar-refractivity contribution in [3.63, 3.8) is 0 Å². The first-order chi connectivity index (χ1) is 10.1. The number of carbonyl (C=O) groups is 1. The van der Waals surface area contributed by atoms with Crippen LogP contribution in [-0.4, -0.2) is 67.8 Å². The molecule has 21 heavy (non-hydrogen) atoms. The summed E-state index contributed by atoms with van der Waals surface area (Å²) in [7, 11) is 1.82. The first-order valence-corrected chi connectivity index (χ1v) is 7.30. The van der Waals surface area contributed by atoms with Crippen molar-refractivity contribution in [3.05, 3.63) is 23.7 Å². The predicted molar refractivity (Wildman–Crippen MR) is 75.9 cm³/mol. The first kappa shape index (κ1) is 14.6. The lowest BCUT2D eigenvalue weighted by Gasteiger charge is -2.41. The van der Waals surface area contributed by atoms with Crippen molar-refractivity contribution in [2.45, 2.75) is 19.1 Å². The summed E-state index contributed by atoms with van der Waals surface area (Å²) in [5, 5.41) is 0. The summed E-state index contributed by atoms with van der Waals surface area (Å²) >= 11 is 0. The summed E-state index contributed by atoms with van der Waals surface area (Å²) in [6.07, 6.45) is 0. The smallest absolute Gasteiger partial charge is 0.248 e. The molecule has 1 spiro atoms. The van der Waals surface area contributed by atoms with Gasteiger partial charge < -0.3 is 18.8 Å². The second-order valence-electron chi connectivity index (χ2n) is 6.00. The minimum absolute atomic E-state index is 0.0260. The van der Waals surface area contributed by atoms with Crippen LogP contribution < -0.4 is 0 Å². The molecule has 2 saturated heterocycles. The van der Waals surface area contributed by atoms with Gasteiger partial charge in [0.2, 0.25) is 5.91 Å². The number of carbonyl (C=O) groups excluding carboxylic acids is 1. The third kappa shape index (κ3) is 3.28. The van der Waals surface area contributed by atoms with Gasteiger partial charge in [0, 0.05) is 20.1 Å². The molecule has 0 N–H and O–H groups in total. The van der Waals surface area contributed by atoms with E-state index in [0.29, 0.717) is 19.8 Å². The molecule has 0 radical (unpaired) electrons. The number of hydrogen-bond acceptors (Lipinski definition) is 5. The number of furan rings is 1. The fraction of sp³-hybridized carbons (Fsp3) is 0.667. The molecule has 1 aromatic rings. The number of likely N-dealkylation sites (N-methyl/N-ethyl adjacent to an activating group) is 1. The van der Waals surface area contributed by atoms with Crippen LogP contribution >= 0.6 is 0 Å². The first-order valence-electron chi connectivity index (χ1n) is 7.30. The molecule has 3 heterocycles. The Labute approximate surface area is 124 Å². The van der Waals surface area contributed by atoms with E-state index in [-0.39, 0.29) is 12.5 Å². The average molecular weight is 294 g/mol. The van der Waals surface area contributed by atoms with E-state index in [0.717, 1.165) is 31.2 Å². The van der Waals surface area contributed by atoms with Crippen LogP contribution in [-0.2, 0) is 20.8 Å². The average Bonchev–Trinajstić information content (AvgIpc) is 2.74.